The summed E-state index contributed by atoms with van der Waals surface area (Å²) in [6, 6.07) is 7.20. The van der Waals surface area contributed by atoms with E-state index in [9.17, 15) is 26.3 Å². The zero-order valence-electron chi connectivity index (χ0n) is 18.0. The van der Waals surface area contributed by atoms with E-state index in [1.807, 2.05) is 0 Å². The van der Waals surface area contributed by atoms with Crippen LogP contribution in [0, 0.1) is 17.7 Å². The van der Waals surface area contributed by atoms with Crippen LogP contribution >= 0.6 is 0 Å². The Labute approximate surface area is 184 Å². The highest BCUT2D eigenvalue weighted by molar-refractivity contribution is 5.31. The van der Waals surface area contributed by atoms with Crippen molar-refractivity contribution in [3.8, 4) is 5.75 Å². The van der Waals surface area contributed by atoms with Gasteiger partial charge in [-0.15, -0.1) is 0 Å². The predicted octanol–water partition coefficient (Wildman–Crippen LogP) is 8.51. The van der Waals surface area contributed by atoms with Crippen molar-refractivity contribution in [1.82, 2.24) is 0 Å². The van der Waals surface area contributed by atoms with Gasteiger partial charge in [-0.2, -0.15) is 22.0 Å². The Hall–Kier alpha value is -2.18. The molecule has 1 nitrogen and oxygen atoms in total. The van der Waals surface area contributed by atoms with Crippen molar-refractivity contribution < 1.29 is 31.1 Å². The van der Waals surface area contributed by atoms with Gasteiger partial charge in [0.05, 0.1) is 11.1 Å². The molecule has 1 aliphatic rings. The Kier molecular flexibility index (Phi) is 7.78. The first-order valence-corrected chi connectivity index (χ1v) is 11.1. The molecule has 7 heteroatoms. The number of hydrogen-bond acceptors (Lipinski definition) is 1. The summed E-state index contributed by atoms with van der Waals surface area (Å²) < 4.78 is 84.9. The SMILES string of the molecule is CCCC1CCC(CCc2ccc(OC(F)(F)c3ccc(C(F)(F)F)c(F)c3)cc2)CC1. The first kappa shape index (κ1) is 24.5. The van der Waals surface area contributed by atoms with Crippen LogP contribution in [0.2, 0.25) is 0 Å². The molecule has 1 aliphatic carbocycles. The molecule has 0 radical (unpaired) electrons. The van der Waals surface area contributed by atoms with Crippen molar-refractivity contribution >= 4 is 0 Å². The van der Waals surface area contributed by atoms with Crippen LogP contribution in [0.15, 0.2) is 42.5 Å². The fourth-order valence-corrected chi connectivity index (χ4v) is 4.45. The van der Waals surface area contributed by atoms with E-state index in [-0.39, 0.29) is 11.8 Å². The van der Waals surface area contributed by atoms with E-state index in [1.54, 1.807) is 12.1 Å². The molecule has 3 rings (SSSR count). The van der Waals surface area contributed by atoms with Gasteiger partial charge in [0.15, 0.2) is 0 Å². The monoisotopic (exact) mass is 458 g/mol. The Morgan fingerprint density at radius 3 is 1.97 bits per heavy atom. The van der Waals surface area contributed by atoms with Crippen LogP contribution in [0.1, 0.15) is 68.6 Å². The summed E-state index contributed by atoms with van der Waals surface area (Å²) in [6.45, 7) is 2.22. The lowest BCUT2D eigenvalue weighted by Crippen LogP contribution is -2.22. The van der Waals surface area contributed by atoms with Gasteiger partial charge < -0.3 is 4.74 Å². The van der Waals surface area contributed by atoms with E-state index in [2.05, 4.69) is 11.7 Å². The number of aryl methyl sites for hydroxylation is 1. The molecule has 0 heterocycles. The van der Waals surface area contributed by atoms with Crippen molar-refractivity contribution in [2.45, 2.75) is 70.6 Å². The van der Waals surface area contributed by atoms with E-state index in [1.165, 1.54) is 50.7 Å². The molecule has 0 saturated heterocycles. The first-order chi connectivity index (χ1) is 15.1. The molecule has 2 aromatic carbocycles. The summed E-state index contributed by atoms with van der Waals surface area (Å²) in [4.78, 5) is 0. The maximum atomic E-state index is 14.4. The van der Waals surface area contributed by atoms with Crippen molar-refractivity contribution in [3.63, 3.8) is 0 Å². The van der Waals surface area contributed by atoms with Gasteiger partial charge in [-0.1, -0.05) is 57.6 Å². The maximum Gasteiger partial charge on any atom is 0.426 e. The minimum Gasteiger partial charge on any atom is -0.429 e. The normalized spacial score (nSPS) is 19.7. The topological polar surface area (TPSA) is 9.23 Å². The van der Waals surface area contributed by atoms with Crippen LogP contribution in [-0.4, -0.2) is 0 Å². The van der Waals surface area contributed by atoms with E-state index in [0.717, 1.165) is 24.3 Å². The van der Waals surface area contributed by atoms with Crippen molar-refractivity contribution in [3.05, 3.63) is 65.0 Å². The van der Waals surface area contributed by atoms with Crippen LogP contribution in [0.4, 0.5) is 26.3 Å². The second-order valence-corrected chi connectivity index (χ2v) is 8.67. The molecule has 2 aromatic rings. The Balaban J connectivity index is 1.55. The summed E-state index contributed by atoms with van der Waals surface area (Å²) in [5, 5.41) is 0. The zero-order chi connectivity index (χ0) is 23.4. The van der Waals surface area contributed by atoms with E-state index in [0.29, 0.717) is 18.1 Å². The molecule has 0 N–H and O–H groups in total. The predicted molar refractivity (Wildman–Crippen MR) is 111 cm³/mol. The number of ether oxygens (including phenoxy) is 1. The Bertz CT molecular complexity index is 867. The highest BCUT2D eigenvalue weighted by Crippen LogP contribution is 2.37. The van der Waals surface area contributed by atoms with Gasteiger partial charge in [0.1, 0.15) is 11.6 Å². The summed E-state index contributed by atoms with van der Waals surface area (Å²) in [5.74, 6) is -0.359. The van der Waals surface area contributed by atoms with Crippen LogP contribution in [-0.2, 0) is 18.7 Å². The lowest BCUT2D eigenvalue weighted by atomic mass is 9.78. The van der Waals surface area contributed by atoms with Gasteiger partial charge in [-0.3, -0.25) is 0 Å². The van der Waals surface area contributed by atoms with Crippen LogP contribution in [0.3, 0.4) is 0 Å². The molecule has 0 spiro atoms. The molecule has 1 fully saturated rings. The van der Waals surface area contributed by atoms with Crippen LogP contribution in [0.25, 0.3) is 0 Å². The highest BCUT2D eigenvalue weighted by atomic mass is 19.4. The first-order valence-electron chi connectivity index (χ1n) is 11.1. The average Bonchev–Trinajstić information content (AvgIpc) is 2.73. The lowest BCUT2D eigenvalue weighted by Gasteiger charge is -2.28. The number of alkyl halides is 5. The van der Waals surface area contributed by atoms with Crippen LogP contribution < -0.4 is 4.74 Å². The molecule has 0 unspecified atom stereocenters. The quantitative estimate of drug-likeness (QED) is 0.360. The minimum absolute atomic E-state index is 0.140. The number of halogens is 6. The smallest absolute Gasteiger partial charge is 0.426 e. The molecule has 32 heavy (non-hydrogen) atoms. The summed E-state index contributed by atoms with van der Waals surface area (Å²) in [7, 11) is 0. The minimum atomic E-state index is -4.95. The summed E-state index contributed by atoms with van der Waals surface area (Å²) in [5.41, 5.74) is -1.57. The highest BCUT2D eigenvalue weighted by Gasteiger charge is 2.39. The molecule has 0 aliphatic heterocycles. The molecule has 0 aromatic heterocycles. The fourth-order valence-electron chi connectivity index (χ4n) is 4.45. The van der Waals surface area contributed by atoms with E-state index >= 15 is 0 Å². The van der Waals surface area contributed by atoms with E-state index < -0.39 is 29.2 Å². The third-order valence-corrected chi connectivity index (χ3v) is 6.28. The van der Waals surface area contributed by atoms with Gasteiger partial charge in [-0.05, 0) is 60.6 Å². The number of hydrogen-bond donors (Lipinski definition) is 0. The second-order valence-electron chi connectivity index (χ2n) is 8.67. The summed E-state index contributed by atoms with van der Waals surface area (Å²) in [6.07, 6.45) is 0.560. The average molecular weight is 458 g/mol. The van der Waals surface area contributed by atoms with Crippen LogP contribution in [0.5, 0.6) is 5.75 Å². The standard InChI is InChI=1S/C25H28F6O/c1-2-3-17-4-6-18(7-5-17)8-9-19-10-13-21(14-11-19)32-25(30,31)20-12-15-22(23(26)16-20)24(27,28)29/h10-18H,2-9H2,1H3. The third kappa shape index (κ3) is 6.42. The van der Waals surface area contributed by atoms with Gasteiger partial charge in [0.25, 0.3) is 0 Å². The third-order valence-electron chi connectivity index (χ3n) is 6.28. The van der Waals surface area contributed by atoms with E-state index in [4.69, 9.17) is 0 Å². The number of benzene rings is 2. The molecular weight excluding hydrogens is 430 g/mol. The lowest BCUT2D eigenvalue weighted by molar-refractivity contribution is -0.186. The van der Waals surface area contributed by atoms with Gasteiger partial charge in [0, 0.05) is 0 Å². The molecule has 0 bridgehead atoms. The molecule has 0 amide bonds. The molecule has 176 valence electrons. The fraction of sp³-hybridized carbons (Fsp3) is 0.520. The number of rotatable bonds is 8. The van der Waals surface area contributed by atoms with Gasteiger partial charge >= 0.3 is 12.3 Å². The Morgan fingerprint density at radius 1 is 0.844 bits per heavy atom. The largest absolute Gasteiger partial charge is 0.429 e. The maximum absolute atomic E-state index is 14.4. The van der Waals surface area contributed by atoms with Crippen molar-refractivity contribution in [2.24, 2.45) is 11.8 Å². The van der Waals surface area contributed by atoms with Crippen molar-refractivity contribution in [2.75, 3.05) is 0 Å². The second kappa shape index (κ2) is 10.2. The van der Waals surface area contributed by atoms with Crippen molar-refractivity contribution in [1.29, 1.82) is 0 Å². The summed E-state index contributed by atoms with van der Waals surface area (Å²) >= 11 is 0. The molecule has 1 saturated carbocycles. The zero-order valence-corrected chi connectivity index (χ0v) is 18.0. The Morgan fingerprint density at radius 2 is 1.44 bits per heavy atom. The van der Waals surface area contributed by atoms with Gasteiger partial charge in [-0.25, -0.2) is 4.39 Å². The van der Waals surface area contributed by atoms with Gasteiger partial charge in [0.2, 0.25) is 0 Å². The molecule has 0 atom stereocenters. The molecular formula is C25H28F6O.